The number of esters is 1. The van der Waals surface area contributed by atoms with Gasteiger partial charge in [-0.15, -0.1) is 0 Å². The fraction of sp³-hybridized carbons (Fsp3) is 0.105. The number of hydrogen-bond acceptors (Lipinski definition) is 11. The summed E-state index contributed by atoms with van der Waals surface area (Å²) in [6.45, 7) is 1.84. The molecule has 1 heterocycles. The van der Waals surface area contributed by atoms with Gasteiger partial charge in [-0.3, -0.25) is 31.1 Å². The van der Waals surface area contributed by atoms with Crippen molar-refractivity contribution >= 4 is 40.4 Å². The third-order valence-corrected chi connectivity index (χ3v) is 4.08. The Kier molecular flexibility index (Phi) is 6.70. The highest BCUT2D eigenvalue weighted by Gasteiger charge is 2.24. The first-order valence-corrected chi connectivity index (χ1v) is 9.19. The number of nitrogens with zero attached hydrogens (tertiary/aromatic N) is 4. The van der Waals surface area contributed by atoms with Crippen LogP contribution in [0.3, 0.4) is 0 Å². The molecule has 0 aliphatic carbocycles. The summed E-state index contributed by atoms with van der Waals surface area (Å²) in [5.74, 6) is -0.917. The van der Waals surface area contributed by atoms with E-state index in [1.165, 1.54) is 30.3 Å². The first kappa shape index (κ1) is 21.9. The number of para-hydroxylation sites is 1. The first-order chi connectivity index (χ1) is 15.4. The van der Waals surface area contributed by atoms with E-state index in [1.807, 2.05) is 0 Å². The van der Waals surface area contributed by atoms with Crippen LogP contribution in [0.25, 0.3) is 0 Å². The number of nitro groups is 2. The zero-order valence-corrected chi connectivity index (χ0v) is 16.6. The molecule has 3 rings (SSSR count). The van der Waals surface area contributed by atoms with E-state index in [0.717, 1.165) is 6.33 Å². The van der Waals surface area contributed by atoms with E-state index in [1.54, 1.807) is 25.1 Å². The molecule has 0 radical (unpaired) electrons. The van der Waals surface area contributed by atoms with E-state index in [4.69, 9.17) is 4.74 Å². The topological polar surface area (TPSA) is 174 Å². The third-order valence-electron chi connectivity index (χ3n) is 4.08. The molecule has 0 spiro atoms. The van der Waals surface area contributed by atoms with Crippen LogP contribution in [-0.4, -0.2) is 32.4 Å². The SMILES string of the molecule is CCOC(=O)c1ccccc1Nc1ncnc(NNc2ccc([N+](=O)[O-])cc2)c1[N+](=O)[O-]. The predicted molar refractivity (Wildman–Crippen MR) is 115 cm³/mol. The smallest absolute Gasteiger partial charge is 0.355 e. The lowest BCUT2D eigenvalue weighted by molar-refractivity contribution is -0.384. The van der Waals surface area contributed by atoms with Crippen LogP contribution < -0.4 is 16.2 Å². The largest absolute Gasteiger partial charge is 0.462 e. The van der Waals surface area contributed by atoms with Crippen molar-refractivity contribution in [2.45, 2.75) is 6.92 Å². The molecule has 0 bridgehead atoms. The lowest BCUT2D eigenvalue weighted by atomic mass is 10.2. The van der Waals surface area contributed by atoms with Crippen LogP contribution >= 0.6 is 0 Å². The highest BCUT2D eigenvalue weighted by molar-refractivity contribution is 5.96. The van der Waals surface area contributed by atoms with Gasteiger partial charge in [0.25, 0.3) is 5.69 Å². The minimum atomic E-state index is -0.685. The van der Waals surface area contributed by atoms with Gasteiger partial charge < -0.3 is 10.1 Å². The number of hydrogen-bond donors (Lipinski definition) is 3. The van der Waals surface area contributed by atoms with Crippen molar-refractivity contribution in [3.05, 3.63) is 80.7 Å². The van der Waals surface area contributed by atoms with E-state index in [2.05, 4.69) is 26.1 Å². The Morgan fingerprint density at radius 2 is 1.66 bits per heavy atom. The number of anilines is 4. The molecule has 0 fully saturated rings. The maximum atomic E-state index is 12.2. The molecule has 13 nitrogen and oxygen atoms in total. The molecule has 0 amide bonds. The number of nitrogens with one attached hydrogen (secondary N) is 3. The Balaban J connectivity index is 1.86. The summed E-state index contributed by atoms with van der Waals surface area (Å²) >= 11 is 0. The van der Waals surface area contributed by atoms with Crippen molar-refractivity contribution < 1.29 is 19.4 Å². The number of hydrazine groups is 1. The number of carbonyl (C=O) groups excluding carboxylic acids is 1. The van der Waals surface area contributed by atoms with Crippen molar-refractivity contribution in [2.24, 2.45) is 0 Å². The molecule has 0 saturated carbocycles. The zero-order valence-electron chi connectivity index (χ0n) is 16.6. The number of aromatic nitrogens is 2. The molecular formula is C19H17N7O6. The fourth-order valence-electron chi connectivity index (χ4n) is 2.64. The molecule has 0 saturated heterocycles. The van der Waals surface area contributed by atoms with E-state index in [0.29, 0.717) is 5.69 Å². The second-order valence-corrected chi connectivity index (χ2v) is 6.12. The monoisotopic (exact) mass is 439 g/mol. The van der Waals surface area contributed by atoms with E-state index >= 15 is 0 Å². The Morgan fingerprint density at radius 3 is 2.31 bits per heavy atom. The fourth-order valence-corrected chi connectivity index (χ4v) is 2.64. The molecule has 3 N–H and O–H groups in total. The van der Waals surface area contributed by atoms with Gasteiger partial charge in [0.1, 0.15) is 6.33 Å². The highest BCUT2D eigenvalue weighted by Crippen LogP contribution is 2.32. The van der Waals surface area contributed by atoms with Gasteiger partial charge in [0.15, 0.2) is 0 Å². The second kappa shape index (κ2) is 9.80. The summed E-state index contributed by atoms with van der Waals surface area (Å²) in [7, 11) is 0. The lowest BCUT2D eigenvalue weighted by Crippen LogP contribution is -2.14. The van der Waals surface area contributed by atoms with Gasteiger partial charge in [-0.1, -0.05) is 12.1 Å². The maximum absolute atomic E-state index is 12.2. The first-order valence-electron chi connectivity index (χ1n) is 9.19. The molecule has 3 aromatic rings. The van der Waals surface area contributed by atoms with E-state index in [9.17, 15) is 25.0 Å². The second-order valence-electron chi connectivity index (χ2n) is 6.12. The van der Waals surface area contributed by atoms with Gasteiger partial charge >= 0.3 is 11.7 Å². The van der Waals surface area contributed by atoms with Gasteiger partial charge in [0.05, 0.1) is 33.4 Å². The number of nitro benzene ring substituents is 1. The highest BCUT2D eigenvalue weighted by atomic mass is 16.6. The van der Waals surface area contributed by atoms with Crippen LogP contribution in [-0.2, 0) is 4.74 Å². The summed E-state index contributed by atoms with van der Waals surface area (Å²) in [6, 6.07) is 11.7. The minimum Gasteiger partial charge on any atom is -0.462 e. The Bertz CT molecular complexity index is 1150. The number of rotatable bonds is 9. The number of ether oxygens (including phenoxy) is 1. The van der Waals surface area contributed by atoms with Crippen molar-refractivity contribution in [3.63, 3.8) is 0 Å². The third kappa shape index (κ3) is 5.02. The van der Waals surface area contributed by atoms with Crippen molar-refractivity contribution in [1.82, 2.24) is 9.97 Å². The Hall–Kier alpha value is -4.81. The van der Waals surface area contributed by atoms with Crippen LogP contribution in [0.15, 0.2) is 54.9 Å². The van der Waals surface area contributed by atoms with Gasteiger partial charge in [-0.05, 0) is 31.2 Å². The van der Waals surface area contributed by atoms with Crippen LogP contribution in [0.2, 0.25) is 0 Å². The summed E-state index contributed by atoms with van der Waals surface area (Å²) in [4.78, 5) is 41.2. The number of non-ortho nitro benzene ring substituents is 1. The molecule has 0 unspecified atom stereocenters. The van der Waals surface area contributed by atoms with Gasteiger partial charge in [-0.2, -0.15) is 0 Å². The van der Waals surface area contributed by atoms with Gasteiger partial charge in [-0.25, -0.2) is 14.8 Å². The summed E-state index contributed by atoms with van der Waals surface area (Å²) in [5.41, 5.74) is 5.56. The number of benzene rings is 2. The van der Waals surface area contributed by atoms with Crippen LogP contribution in [0.1, 0.15) is 17.3 Å². The standard InChI is InChI=1S/C19H17N7O6/c1-2-32-19(27)14-5-3-4-6-15(14)22-17-16(26(30)31)18(21-11-20-17)24-23-12-7-9-13(10-8-12)25(28)29/h3-11,23H,2H2,1H3,(H2,20,21,22,24). The maximum Gasteiger partial charge on any atom is 0.355 e. The predicted octanol–water partition coefficient (Wildman–Crippen LogP) is 3.65. The minimum absolute atomic E-state index is 0.102. The molecule has 32 heavy (non-hydrogen) atoms. The normalized spacial score (nSPS) is 10.2. The van der Waals surface area contributed by atoms with Crippen molar-refractivity contribution in [3.8, 4) is 0 Å². The molecular weight excluding hydrogens is 422 g/mol. The molecule has 0 atom stereocenters. The Morgan fingerprint density at radius 1 is 0.969 bits per heavy atom. The van der Waals surface area contributed by atoms with Crippen LogP contribution in [0, 0.1) is 20.2 Å². The Labute approximate surface area is 180 Å². The average molecular weight is 439 g/mol. The molecule has 13 heteroatoms. The summed E-state index contributed by atoms with van der Waals surface area (Å²) in [5, 5.41) is 25.3. The van der Waals surface area contributed by atoms with Crippen LogP contribution in [0.5, 0.6) is 0 Å². The molecule has 1 aromatic heterocycles. The van der Waals surface area contributed by atoms with E-state index in [-0.39, 0.29) is 35.2 Å². The molecule has 0 aliphatic heterocycles. The lowest BCUT2D eigenvalue weighted by Gasteiger charge is -2.13. The van der Waals surface area contributed by atoms with Crippen molar-refractivity contribution in [1.29, 1.82) is 0 Å². The van der Waals surface area contributed by atoms with Gasteiger partial charge in [0, 0.05) is 12.1 Å². The summed E-state index contributed by atoms with van der Waals surface area (Å²) in [6.07, 6.45) is 1.10. The number of carbonyl (C=O) groups is 1. The quantitative estimate of drug-likeness (QED) is 0.252. The van der Waals surface area contributed by atoms with E-state index < -0.39 is 21.5 Å². The molecule has 164 valence electrons. The molecule has 0 aliphatic rings. The zero-order chi connectivity index (χ0) is 23.1. The summed E-state index contributed by atoms with van der Waals surface area (Å²) < 4.78 is 5.01. The molecule has 2 aromatic carbocycles. The van der Waals surface area contributed by atoms with Crippen molar-refractivity contribution in [2.75, 3.05) is 22.8 Å². The van der Waals surface area contributed by atoms with Crippen LogP contribution in [0.4, 0.5) is 34.4 Å². The average Bonchev–Trinajstić information content (AvgIpc) is 2.78. The van der Waals surface area contributed by atoms with Gasteiger partial charge in [0.2, 0.25) is 11.6 Å².